The highest BCUT2D eigenvalue weighted by Crippen LogP contribution is 2.45. The summed E-state index contributed by atoms with van der Waals surface area (Å²) in [5.74, 6) is -1.02. The van der Waals surface area contributed by atoms with Gasteiger partial charge in [0.25, 0.3) is 11.8 Å². The quantitative estimate of drug-likeness (QED) is 0.348. The lowest BCUT2D eigenvalue weighted by atomic mass is 9.82. The molecule has 1 atom stereocenters. The topological polar surface area (TPSA) is 58.6 Å². The van der Waals surface area contributed by atoms with Gasteiger partial charge in [0.05, 0.1) is 17.7 Å². The van der Waals surface area contributed by atoms with Crippen LogP contribution < -0.4 is 10.1 Å². The van der Waals surface area contributed by atoms with Gasteiger partial charge in [-0.05, 0) is 74.4 Å². The van der Waals surface area contributed by atoms with E-state index in [2.05, 4.69) is 5.32 Å². The van der Waals surface area contributed by atoms with Gasteiger partial charge in [-0.1, -0.05) is 48.0 Å². The molecule has 1 saturated heterocycles. The fourth-order valence-corrected chi connectivity index (χ4v) is 4.36. The van der Waals surface area contributed by atoms with Gasteiger partial charge in [0.2, 0.25) is 0 Å². The van der Waals surface area contributed by atoms with Crippen LogP contribution in [0.15, 0.2) is 78.4 Å². The first-order valence-electron chi connectivity index (χ1n) is 11.1. The molecule has 1 aliphatic heterocycles. The molecule has 7 heteroatoms. The molecule has 180 valence electrons. The van der Waals surface area contributed by atoms with Gasteiger partial charge in [0.1, 0.15) is 11.6 Å². The minimum absolute atomic E-state index is 0.0774. The van der Waals surface area contributed by atoms with E-state index in [1.54, 1.807) is 64.3 Å². The van der Waals surface area contributed by atoms with Crippen molar-refractivity contribution < 1.29 is 18.7 Å². The van der Waals surface area contributed by atoms with Crippen LogP contribution in [0.1, 0.15) is 31.9 Å². The van der Waals surface area contributed by atoms with E-state index in [1.165, 1.54) is 17.0 Å². The van der Waals surface area contributed by atoms with E-state index in [9.17, 15) is 14.0 Å². The highest BCUT2D eigenvalue weighted by Gasteiger charge is 2.59. The number of nitrogens with one attached hydrogen (secondary N) is 1. The Bertz CT molecular complexity index is 1300. The Kier molecular flexibility index (Phi) is 6.43. The molecule has 0 spiro atoms. The molecule has 1 aliphatic rings. The third-order valence-electron chi connectivity index (χ3n) is 5.92. The van der Waals surface area contributed by atoms with Crippen molar-refractivity contribution in [1.82, 2.24) is 4.90 Å². The molecule has 4 rings (SSSR count). The zero-order chi connectivity index (χ0) is 25.4. The van der Waals surface area contributed by atoms with Crippen LogP contribution in [-0.4, -0.2) is 29.4 Å². The molecule has 2 amide bonds. The smallest absolute Gasteiger partial charge is 0.265 e. The van der Waals surface area contributed by atoms with Crippen LogP contribution in [0.2, 0.25) is 5.02 Å². The van der Waals surface area contributed by atoms with Crippen molar-refractivity contribution in [2.24, 2.45) is 0 Å². The van der Waals surface area contributed by atoms with Gasteiger partial charge >= 0.3 is 0 Å². The van der Waals surface area contributed by atoms with Crippen molar-refractivity contribution in [3.05, 3.63) is 100 Å². The number of nitrogens with zero attached hydrogens (tertiary/aromatic N) is 1. The summed E-state index contributed by atoms with van der Waals surface area (Å²) in [7, 11) is 1.56. The Labute approximate surface area is 209 Å². The molecular weight excluding hydrogens is 467 g/mol. The van der Waals surface area contributed by atoms with E-state index in [4.69, 9.17) is 16.3 Å². The maximum Gasteiger partial charge on any atom is 0.265 e. The summed E-state index contributed by atoms with van der Waals surface area (Å²) in [5, 5.41) is 3.20. The van der Waals surface area contributed by atoms with Crippen LogP contribution in [0.25, 0.3) is 6.08 Å². The van der Waals surface area contributed by atoms with Gasteiger partial charge in [-0.25, -0.2) is 4.39 Å². The van der Waals surface area contributed by atoms with Crippen molar-refractivity contribution in [3.63, 3.8) is 0 Å². The molecule has 1 N–H and O–H groups in total. The Morgan fingerprint density at radius 2 is 1.66 bits per heavy atom. The van der Waals surface area contributed by atoms with Gasteiger partial charge in [-0.2, -0.15) is 0 Å². The first kappa shape index (κ1) is 24.5. The van der Waals surface area contributed by atoms with Crippen molar-refractivity contribution in [3.8, 4) is 5.75 Å². The predicted octanol–water partition coefficient (Wildman–Crippen LogP) is 6.05. The molecule has 3 aromatic rings. The van der Waals surface area contributed by atoms with Crippen LogP contribution in [0.5, 0.6) is 5.75 Å². The molecule has 3 aromatic carbocycles. The third-order valence-corrected chi connectivity index (χ3v) is 6.22. The lowest BCUT2D eigenvalue weighted by Crippen LogP contribution is -2.50. The summed E-state index contributed by atoms with van der Waals surface area (Å²) in [6.45, 7) is 5.36. The molecule has 1 unspecified atom stereocenters. The van der Waals surface area contributed by atoms with Crippen LogP contribution in [0, 0.1) is 5.82 Å². The first-order chi connectivity index (χ1) is 16.6. The SMILES string of the molecule is COc1ccc(NC2(c3ccc(Cl)c(F)c3)C(=O)N(C(C)(C)C)C(=O)C2=Cc2ccccc2)cc1. The van der Waals surface area contributed by atoms with Crippen molar-refractivity contribution in [1.29, 1.82) is 0 Å². The molecule has 1 heterocycles. The maximum atomic E-state index is 14.7. The first-order valence-corrected chi connectivity index (χ1v) is 11.5. The van der Waals surface area contributed by atoms with Gasteiger partial charge in [-0.15, -0.1) is 0 Å². The number of ether oxygens (including phenoxy) is 1. The average Bonchev–Trinajstić information content (AvgIpc) is 3.03. The number of imide groups is 1. The second kappa shape index (κ2) is 9.19. The number of rotatable bonds is 5. The van der Waals surface area contributed by atoms with Crippen molar-refractivity contribution in [2.45, 2.75) is 31.8 Å². The maximum absolute atomic E-state index is 14.7. The Hall–Kier alpha value is -3.64. The zero-order valence-electron chi connectivity index (χ0n) is 19.9. The van der Waals surface area contributed by atoms with E-state index in [1.807, 2.05) is 30.3 Å². The summed E-state index contributed by atoms with van der Waals surface area (Å²) < 4.78 is 20.0. The highest BCUT2D eigenvalue weighted by molar-refractivity contribution is 6.30. The van der Waals surface area contributed by atoms with Crippen LogP contribution in [-0.2, 0) is 15.1 Å². The zero-order valence-corrected chi connectivity index (χ0v) is 20.7. The number of carbonyl (C=O) groups is 2. The summed E-state index contributed by atoms with van der Waals surface area (Å²) in [6, 6.07) is 20.3. The Morgan fingerprint density at radius 3 is 2.23 bits per heavy atom. The van der Waals surface area contributed by atoms with Crippen LogP contribution in [0.4, 0.5) is 10.1 Å². The van der Waals surface area contributed by atoms with E-state index in [0.717, 1.165) is 5.56 Å². The van der Waals surface area contributed by atoms with Gasteiger partial charge < -0.3 is 10.1 Å². The van der Waals surface area contributed by atoms with E-state index >= 15 is 0 Å². The molecule has 0 aliphatic carbocycles. The number of methoxy groups -OCH3 is 1. The molecule has 35 heavy (non-hydrogen) atoms. The lowest BCUT2D eigenvalue weighted by Gasteiger charge is -2.34. The number of likely N-dealkylation sites (tertiary alicyclic amines) is 1. The van der Waals surface area contributed by atoms with E-state index in [-0.39, 0.29) is 16.2 Å². The molecule has 0 radical (unpaired) electrons. The minimum atomic E-state index is -1.69. The van der Waals surface area contributed by atoms with Crippen molar-refractivity contribution >= 4 is 35.2 Å². The standard InChI is InChI=1S/C28H26ClFN2O3/c1-27(2,3)32-25(33)22(16-18-8-6-5-7-9-18)28(26(32)34,19-10-15-23(29)24(30)17-19)31-20-11-13-21(35-4)14-12-20/h5-17,31H,1-4H3. The number of hydrogen-bond acceptors (Lipinski definition) is 4. The van der Waals surface area contributed by atoms with E-state index in [0.29, 0.717) is 11.4 Å². The second-order valence-corrected chi connectivity index (χ2v) is 9.72. The molecular formula is C28H26ClFN2O3. The summed E-state index contributed by atoms with van der Waals surface area (Å²) >= 11 is 5.97. The summed E-state index contributed by atoms with van der Waals surface area (Å²) in [4.78, 5) is 29.3. The largest absolute Gasteiger partial charge is 0.497 e. The molecule has 0 saturated carbocycles. The number of anilines is 1. The fraction of sp³-hybridized carbons (Fsp3) is 0.214. The van der Waals surface area contributed by atoms with Crippen LogP contribution in [0.3, 0.4) is 0 Å². The number of halogens is 2. The van der Waals surface area contributed by atoms with E-state index < -0.39 is 28.7 Å². The average molecular weight is 493 g/mol. The highest BCUT2D eigenvalue weighted by atomic mass is 35.5. The summed E-state index contributed by atoms with van der Waals surface area (Å²) in [5.41, 5.74) is -0.784. The second-order valence-electron chi connectivity index (χ2n) is 9.32. The third kappa shape index (κ3) is 4.42. The normalized spacial score (nSPS) is 19.4. The summed E-state index contributed by atoms with van der Waals surface area (Å²) in [6.07, 6.45) is 1.68. The van der Waals surface area contributed by atoms with Gasteiger partial charge in [0, 0.05) is 11.2 Å². The number of carbonyl (C=O) groups excluding carboxylic acids is 2. The molecule has 5 nitrogen and oxygen atoms in total. The lowest BCUT2D eigenvalue weighted by molar-refractivity contribution is -0.144. The molecule has 0 bridgehead atoms. The van der Waals surface area contributed by atoms with Gasteiger partial charge in [-0.3, -0.25) is 14.5 Å². The number of hydrogen-bond donors (Lipinski definition) is 1. The van der Waals surface area contributed by atoms with Crippen molar-refractivity contribution in [2.75, 3.05) is 12.4 Å². The monoisotopic (exact) mass is 492 g/mol. The Morgan fingerprint density at radius 1 is 1.00 bits per heavy atom. The molecule has 0 aromatic heterocycles. The van der Waals surface area contributed by atoms with Crippen LogP contribution >= 0.6 is 11.6 Å². The number of amides is 2. The number of benzene rings is 3. The molecule has 1 fully saturated rings. The Balaban J connectivity index is 2.02. The van der Waals surface area contributed by atoms with Gasteiger partial charge in [0.15, 0.2) is 5.54 Å². The minimum Gasteiger partial charge on any atom is -0.497 e. The predicted molar refractivity (Wildman–Crippen MR) is 136 cm³/mol. The fourth-order valence-electron chi connectivity index (χ4n) is 4.24.